The highest BCUT2D eigenvalue weighted by Crippen LogP contribution is 2.31. The number of carbonyl (C=O) groups excluding carboxylic acids is 3. The molecule has 8 nitrogen and oxygen atoms in total. The molecule has 0 bridgehead atoms. The lowest BCUT2D eigenvalue weighted by Crippen LogP contribution is -2.49. The van der Waals surface area contributed by atoms with Crippen molar-refractivity contribution in [2.24, 2.45) is 5.92 Å². The predicted molar refractivity (Wildman–Crippen MR) is 138 cm³/mol. The van der Waals surface area contributed by atoms with Crippen molar-refractivity contribution in [3.63, 3.8) is 0 Å². The van der Waals surface area contributed by atoms with E-state index < -0.39 is 17.7 Å². The minimum Gasteiger partial charge on any atom is -0.444 e. The van der Waals surface area contributed by atoms with E-state index in [1.165, 1.54) is 0 Å². The van der Waals surface area contributed by atoms with Gasteiger partial charge in [-0.3, -0.25) is 14.6 Å². The summed E-state index contributed by atoms with van der Waals surface area (Å²) in [7, 11) is 0. The van der Waals surface area contributed by atoms with Gasteiger partial charge < -0.3 is 20.3 Å². The van der Waals surface area contributed by atoms with Gasteiger partial charge in [-0.2, -0.15) is 0 Å². The highest BCUT2D eigenvalue weighted by atomic mass is 35.5. The third kappa shape index (κ3) is 6.55. The Labute approximate surface area is 216 Å². The second-order valence-corrected chi connectivity index (χ2v) is 11.0. The van der Waals surface area contributed by atoms with Crippen molar-refractivity contribution in [3.05, 3.63) is 58.9 Å². The molecule has 1 aliphatic heterocycles. The topological polar surface area (TPSA) is 101 Å². The SMILES string of the molecule is CC(C)(C)OC(=O)N[C@H]1CC[C@H](CN2C(=O)c3ccc(Cl)cc3NC(=O)[C@H]2Cc2ccccn2)CC1. The van der Waals surface area contributed by atoms with Gasteiger partial charge in [0.1, 0.15) is 11.6 Å². The molecule has 2 N–H and O–H groups in total. The second-order valence-electron chi connectivity index (χ2n) is 10.5. The van der Waals surface area contributed by atoms with Crippen LogP contribution in [0.3, 0.4) is 0 Å². The number of carbonyl (C=O) groups is 3. The Morgan fingerprint density at radius 2 is 1.92 bits per heavy atom. The number of ether oxygens (including phenoxy) is 1. The number of alkyl carbamates (subject to hydrolysis) is 1. The normalized spacial score (nSPS) is 22.3. The average molecular weight is 513 g/mol. The Balaban J connectivity index is 1.49. The zero-order valence-electron chi connectivity index (χ0n) is 20.9. The van der Waals surface area contributed by atoms with Crippen molar-refractivity contribution in [2.75, 3.05) is 11.9 Å². The van der Waals surface area contributed by atoms with E-state index in [0.717, 1.165) is 31.4 Å². The summed E-state index contributed by atoms with van der Waals surface area (Å²) in [6.07, 6.45) is 4.82. The van der Waals surface area contributed by atoms with Gasteiger partial charge in [-0.25, -0.2) is 4.79 Å². The van der Waals surface area contributed by atoms with E-state index in [-0.39, 0.29) is 23.8 Å². The van der Waals surface area contributed by atoms with Crippen molar-refractivity contribution in [2.45, 2.75) is 70.6 Å². The van der Waals surface area contributed by atoms with Crippen LogP contribution in [-0.4, -0.2) is 52.0 Å². The van der Waals surface area contributed by atoms with Gasteiger partial charge in [0.15, 0.2) is 0 Å². The lowest BCUT2D eigenvalue weighted by atomic mass is 9.85. The number of hydrogen-bond donors (Lipinski definition) is 2. The Kier molecular flexibility index (Phi) is 7.83. The fourth-order valence-electron chi connectivity index (χ4n) is 4.83. The predicted octanol–water partition coefficient (Wildman–Crippen LogP) is 4.82. The zero-order valence-corrected chi connectivity index (χ0v) is 21.7. The third-order valence-electron chi connectivity index (χ3n) is 6.56. The van der Waals surface area contributed by atoms with Gasteiger partial charge in [0.2, 0.25) is 5.91 Å². The Morgan fingerprint density at radius 3 is 2.58 bits per heavy atom. The molecule has 1 saturated carbocycles. The highest BCUT2D eigenvalue weighted by Gasteiger charge is 2.37. The largest absolute Gasteiger partial charge is 0.444 e. The first-order chi connectivity index (χ1) is 17.1. The van der Waals surface area contributed by atoms with Gasteiger partial charge in [-0.15, -0.1) is 0 Å². The van der Waals surface area contributed by atoms with E-state index in [0.29, 0.717) is 29.2 Å². The van der Waals surface area contributed by atoms with Crippen LogP contribution < -0.4 is 10.6 Å². The molecule has 1 aromatic heterocycles. The van der Waals surface area contributed by atoms with Gasteiger partial charge in [0, 0.05) is 35.9 Å². The summed E-state index contributed by atoms with van der Waals surface area (Å²) in [6.45, 7) is 5.97. The minimum atomic E-state index is -0.698. The lowest BCUT2D eigenvalue weighted by Gasteiger charge is -2.35. The molecule has 9 heteroatoms. The first kappa shape index (κ1) is 25.9. The molecule has 0 saturated heterocycles. The molecular weight excluding hydrogens is 480 g/mol. The number of anilines is 1. The number of benzene rings is 1. The molecule has 192 valence electrons. The van der Waals surface area contributed by atoms with Crippen molar-refractivity contribution in [3.8, 4) is 0 Å². The number of nitrogens with one attached hydrogen (secondary N) is 2. The van der Waals surface area contributed by atoms with Crippen LogP contribution in [0.25, 0.3) is 0 Å². The van der Waals surface area contributed by atoms with Crippen LogP contribution in [0.2, 0.25) is 5.02 Å². The Morgan fingerprint density at radius 1 is 1.17 bits per heavy atom. The van der Waals surface area contributed by atoms with E-state index in [4.69, 9.17) is 16.3 Å². The number of halogens is 1. The van der Waals surface area contributed by atoms with Crippen LogP contribution in [0.1, 0.15) is 62.5 Å². The van der Waals surface area contributed by atoms with Gasteiger partial charge in [-0.05, 0) is 82.7 Å². The van der Waals surface area contributed by atoms with Crippen molar-refractivity contribution < 1.29 is 19.1 Å². The summed E-state index contributed by atoms with van der Waals surface area (Å²) in [5.74, 6) is -0.247. The standard InChI is InChI=1S/C27H33ClN4O4/c1-27(2,3)36-26(35)30-19-10-7-17(8-11-19)16-32-23(15-20-6-4-5-13-29-20)24(33)31-22-14-18(28)9-12-21(22)25(32)34/h4-6,9,12-14,17,19,23H,7-8,10-11,15-16H2,1-3H3,(H,30,35)(H,31,33)/t17-,19-,23-/m1/s1. The summed E-state index contributed by atoms with van der Waals surface area (Å²) in [5, 5.41) is 6.31. The van der Waals surface area contributed by atoms with E-state index in [1.807, 2.05) is 39.0 Å². The Bertz CT molecular complexity index is 1110. The zero-order chi connectivity index (χ0) is 25.9. The number of hydrogen-bond acceptors (Lipinski definition) is 5. The van der Waals surface area contributed by atoms with Crippen LogP contribution in [0.15, 0.2) is 42.6 Å². The van der Waals surface area contributed by atoms with Crippen molar-refractivity contribution in [1.29, 1.82) is 0 Å². The van der Waals surface area contributed by atoms with Crippen LogP contribution in [0.4, 0.5) is 10.5 Å². The van der Waals surface area contributed by atoms with Gasteiger partial charge in [0.25, 0.3) is 5.91 Å². The maximum Gasteiger partial charge on any atom is 0.407 e. The molecule has 4 rings (SSSR count). The first-order valence-electron chi connectivity index (χ1n) is 12.4. The third-order valence-corrected chi connectivity index (χ3v) is 6.80. The molecule has 1 aliphatic carbocycles. The lowest BCUT2D eigenvalue weighted by molar-refractivity contribution is -0.120. The van der Waals surface area contributed by atoms with Gasteiger partial charge in [-0.1, -0.05) is 17.7 Å². The molecule has 1 fully saturated rings. The number of amides is 3. The Hall–Kier alpha value is -3.13. The summed E-state index contributed by atoms with van der Waals surface area (Å²) in [5.41, 5.74) is 1.05. The van der Waals surface area contributed by atoms with E-state index in [9.17, 15) is 14.4 Å². The van der Waals surface area contributed by atoms with Crippen molar-refractivity contribution in [1.82, 2.24) is 15.2 Å². The maximum absolute atomic E-state index is 13.7. The van der Waals surface area contributed by atoms with Crippen LogP contribution in [-0.2, 0) is 16.0 Å². The van der Waals surface area contributed by atoms with Crippen LogP contribution in [0.5, 0.6) is 0 Å². The van der Waals surface area contributed by atoms with E-state index in [1.54, 1.807) is 29.3 Å². The van der Waals surface area contributed by atoms with Crippen molar-refractivity contribution >= 4 is 35.2 Å². The number of aromatic nitrogens is 1. The fraction of sp³-hybridized carbons (Fsp3) is 0.481. The molecule has 0 radical (unpaired) electrons. The van der Waals surface area contributed by atoms with E-state index in [2.05, 4.69) is 15.6 Å². The van der Waals surface area contributed by atoms with Crippen LogP contribution >= 0.6 is 11.6 Å². The fourth-order valence-corrected chi connectivity index (χ4v) is 5.00. The summed E-state index contributed by atoms with van der Waals surface area (Å²) in [4.78, 5) is 45.3. The highest BCUT2D eigenvalue weighted by molar-refractivity contribution is 6.31. The molecule has 2 heterocycles. The maximum atomic E-state index is 13.7. The van der Waals surface area contributed by atoms with Gasteiger partial charge in [0.05, 0.1) is 11.3 Å². The molecule has 0 unspecified atom stereocenters. The number of nitrogens with zero attached hydrogens (tertiary/aromatic N) is 2. The average Bonchev–Trinajstić information content (AvgIpc) is 2.89. The molecule has 36 heavy (non-hydrogen) atoms. The second kappa shape index (κ2) is 10.9. The molecule has 2 aromatic rings. The quantitative estimate of drug-likeness (QED) is 0.598. The molecule has 1 aromatic carbocycles. The smallest absolute Gasteiger partial charge is 0.407 e. The van der Waals surface area contributed by atoms with E-state index >= 15 is 0 Å². The van der Waals surface area contributed by atoms with Crippen LogP contribution in [0, 0.1) is 5.92 Å². The minimum absolute atomic E-state index is 0.0337. The molecule has 3 amide bonds. The monoisotopic (exact) mass is 512 g/mol. The number of pyridine rings is 1. The summed E-state index contributed by atoms with van der Waals surface area (Å²) in [6, 6.07) is 9.83. The number of rotatable bonds is 5. The molecule has 1 atom stereocenters. The molecular formula is C27H33ClN4O4. The van der Waals surface area contributed by atoms with Gasteiger partial charge >= 0.3 is 6.09 Å². The first-order valence-corrected chi connectivity index (χ1v) is 12.8. The molecule has 0 spiro atoms. The summed E-state index contributed by atoms with van der Waals surface area (Å²) < 4.78 is 5.38. The molecule has 2 aliphatic rings. The number of fused-ring (bicyclic) bond motifs is 1. The summed E-state index contributed by atoms with van der Waals surface area (Å²) >= 11 is 6.14.